The zero-order chi connectivity index (χ0) is 30.0. The Morgan fingerprint density at radius 1 is 1.12 bits per heavy atom. The summed E-state index contributed by atoms with van der Waals surface area (Å²) in [5.74, 6) is 0.118. The van der Waals surface area contributed by atoms with Crippen LogP contribution >= 0.6 is 0 Å². The first kappa shape index (κ1) is 30.7. The van der Waals surface area contributed by atoms with E-state index in [2.05, 4.69) is 22.2 Å². The Balaban J connectivity index is 1.48. The molecule has 2 aromatic carbocycles. The van der Waals surface area contributed by atoms with Crippen molar-refractivity contribution in [2.45, 2.75) is 68.7 Å². The summed E-state index contributed by atoms with van der Waals surface area (Å²) in [7, 11) is -4.15. The second kappa shape index (κ2) is 11.9. The second-order valence-corrected chi connectivity index (χ2v) is 13.0. The third kappa shape index (κ3) is 7.34. The van der Waals surface area contributed by atoms with Gasteiger partial charge in [0, 0.05) is 19.6 Å². The SMILES string of the molecule is C=C(CCN(Cc1ccc(C(F)(F)F)cc1)S(=O)(=O)c1ccc(F)cc1)C1=NC(C)(C)C(C(=O)NCC2CCC2)N1. The van der Waals surface area contributed by atoms with E-state index < -0.39 is 39.2 Å². The van der Waals surface area contributed by atoms with Crippen molar-refractivity contribution in [3.63, 3.8) is 0 Å². The molecule has 1 fully saturated rings. The fourth-order valence-corrected chi connectivity index (χ4v) is 6.16. The highest BCUT2D eigenvalue weighted by Gasteiger charge is 2.41. The number of aliphatic imine (C=N–C) groups is 1. The zero-order valence-electron chi connectivity index (χ0n) is 23.0. The molecular formula is C29H34F4N4O3S. The molecule has 222 valence electrons. The van der Waals surface area contributed by atoms with E-state index >= 15 is 0 Å². The highest BCUT2D eigenvalue weighted by Crippen LogP contribution is 2.30. The van der Waals surface area contributed by atoms with Crippen LogP contribution in [0.15, 0.2) is 70.6 Å². The first-order valence-corrected chi connectivity index (χ1v) is 14.8. The summed E-state index contributed by atoms with van der Waals surface area (Å²) in [6.07, 6.45) is -1.02. The maximum atomic E-state index is 13.5. The number of sulfonamides is 1. The molecule has 1 aliphatic heterocycles. The maximum Gasteiger partial charge on any atom is 0.416 e. The van der Waals surface area contributed by atoms with Gasteiger partial charge in [0.15, 0.2) is 0 Å². The Bertz CT molecular complexity index is 1400. The Hall–Kier alpha value is -3.25. The van der Waals surface area contributed by atoms with Gasteiger partial charge in [0.1, 0.15) is 17.7 Å². The number of alkyl halides is 3. The number of benzene rings is 2. The molecular weight excluding hydrogens is 560 g/mol. The quantitative estimate of drug-likeness (QED) is 0.357. The third-order valence-corrected chi connectivity index (χ3v) is 9.39. The number of rotatable bonds is 11. The smallest absolute Gasteiger partial charge is 0.357 e. The molecule has 1 amide bonds. The number of hydrogen-bond acceptors (Lipinski definition) is 5. The lowest BCUT2D eigenvalue weighted by Crippen LogP contribution is -2.53. The molecule has 2 N–H and O–H groups in total. The molecule has 1 aliphatic carbocycles. The summed E-state index contributed by atoms with van der Waals surface area (Å²) >= 11 is 0. The highest BCUT2D eigenvalue weighted by atomic mass is 32.2. The zero-order valence-corrected chi connectivity index (χ0v) is 23.8. The summed E-state index contributed by atoms with van der Waals surface area (Å²) in [5, 5.41) is 6.12. The van der Waals surface area contributed by atoms with Crippen molar-refractivity contribution >= 4 is 21.8 Å². The van der Waals surface area contributed by atoms with Gasteiger partial charge < -0.3 is 10.6 Å². The normalized spacial score (nSPS) is 18.9. The van der Waals surface area contributed by atoms with Crippen molar-refractivity contribution in [1.82, 2.24) is 14.9 Å². The van der Waals surface area contributed by atoms with Gasteiger partial charge in [-0.05, 0) is 86.6 Å². The van der Waals surface area contributed by atoms with Crippen molar-refractivity contribution in [3.05, 3.63) is 77.6 Å². The molecule has 7 nitrogen and oxygen atoms in total. The van der Waals surface area contributed by atoms with E-state index in [0.717, 1.165) is 53.5 Å². The Morgan fingerprint density at radius 2 is 1.76 bits per heavy atom. The van der Waals surface area contributed by atoms with Crippen molar-refractivity contribution in [2.24, 2.45) is 10.9 Å². The van der Waals surface area contributed by atoms with E-state index in [4.69, 9.17) is 0 Å². The summed E-state index contributed by atoms with van der Waals surface area (Å²) < 4.78 is 80.7. The lowest BCUT2D eigenvalue weighted by molar-refractivity contribution is -0.137. The number of amidine groups is 1. The minimum absolute atomic E-state index is 0.0841. The van der Waals surface area contributed by atoms with Crippen LogP contribution in [0.2, 0.25) is 0 Å². The van der Waals surface area contributed by atoms with Crippen molar-refractivity contribution in [1.29, 1.82) is 0 Å². The van der Waals surface area contributed by atoms with Crippen LogP contribution in [0.5, 0.6) is 0 Å². The van der Waals surface area contributed by atoms with Gasteiger partial charge in [-0.15, -0.1) is 0 Å². The fourth-order valence-electron chi connectivity index (χ4n) is 4.73. The summed E-state index contributed by atoms with van der Waals surface area (Å²) in [4.78, 5) is 17.4. The molecule has 2 aromatic rings. The van der Waals surface area contributed by atoms with E-state index in [-0.39, 0.29) is 30.3 Å². The number of amides is 1. The molecule has 0 saturated heterocycles. The lowest BCUT2D eigenvalue weighted by Gasteiger charge is -2.28. The standard InChI is InChI=1S/C29H34F4N4O3S/c1-19(26-35-25(28(2,3)36-26)27(38)34-17-20-5-4-6-20)15-16-37(41(39,40)24-13-11-23(30)12-14-24)18-21-7-9-22(10-8-21)29(31,32)33/h7-14,20,25H,1,4-6,15-18H2,2-3H3,(H,34,38)(H,35,36). The van der Waals surface area contributed by atoms with Crippen LogP contribution in [0.1, 0.15) is 50.7 Å². The van der Waals surface area contributed by atoms with E-state index in [9.17, 15) is 30.8 Å². The van der Waals surface area contributed by atoms with Gasteiger partial charge in [-0.3, -0.25) is 9.79 Å². The maximum absolute atomic E-state index is 13.5. The van der Waals surface area contributed by atoms with Crippen molar-refractivity contribution in [3.8, 4) is 0 Å². The summed E-state index contributed by atoms with van der Waals surface area (Å²) in [6, 6.07) is 7.94. The second-order valence-electron chi connectivity index (χ2n) is 11.1. The average Bonchev–Trinajstić information content (AvgIpc) is 3.20. The molecule has 4 rings (SSSR count). The van der Waals surface area contributed by atoms with Gasteiger partial charge in [0.2, 0.25) is 15.9 Å². The third-order valence-electron chi connectivity index (χ3n) is 7.53. The van der Waals surface area contributed by atoms with Crippen molar-refractivity contribution in [2.75, 3.05) is 13.1 Å². The molecule has 2 aliphatic rings. The minimum Gasteiger partial charge on any atom is -0.357 e. The van der Waals surface area contributed by atoms with E-state index in [1.807, 2.05) is 13.8 Å². The molecule has 0 spiro atoms. The van der Waals surface area contributed by atoms with Crippen molar-refractivity contribution < 1.29 is 30.8 Å². The number of nitrogens with one attached hydrogen (secondary N) is 2. The molecule has 1 unspecified atom stereocenters. The van der Waals surface area contributed by atoms with Crippen LogP contribution in [0, 0.1) is 11.7 Å². The van der Waals surface area contributed by atoms with Gasteiger partial charge in [-0.1, -0.05) is 25.1 Å². The van der Waals surface area contributed by atoms with Crippen LogP contribution in [0.3, 0.4) is 0 Å². The molecule has 12 heteroatoms. The summed E-state index contributed by atoms with van der Waals surface area (Å²) in [5.41, 5.74) is -0.793. The molecule has 0 aromatic heterocycles. The average molecular weight is 595 g/mol. The molecule has 41 heavy (non-hydrogen) atoms. The number of halogens is 4. The first-order chi connectivity index (χ1) is 19.2. The van der Waals surface area contributed by atoms with Gasteiger partial charge >= 0.3 is 6.18 Å². The van der Waals surface area contributed by atoms with Gasteiger partial charge in [0.25, 0.3) is 0 Å². The fraction of sp³-hybridized carbons (Fsp3) is 0.448. The van der Waals surface area contributed by atoms with Gasteiger partial charge in [0.05, 0.1) is 16.0 Å². The Labute approximate surface area is 237 Å². The molecule has 0 radical (unpaired) electrons. The van der Waals surface area contributed by atoms with E-state index in [0.29, 0.717) is 29.4 Å². The molecule has 1 saturated carbocycles. The molecule has 1 heterocycles. The summed E-state index contributed by atoms with van der Waals surface area (Å²) in [6.45, 7) is 8.01. The Kier molecular flexibility index (Phi) is 8.93. The number of carbonyl (C=O) groups excluding carboxylic acids is 1. The predicted octanol–water partition coefficient (Wildman–Crippen LogP) is 5.05. The van der Waals surface area contributed by atoms with Gasteiger partial charge in [-0.2, -0.15) is 17.5 Å². The minimum atomic E-state index is -4.52. The van der Waals surface area contributed by atoms with Crippen LogP contribution in [0.25, 0.3) is 0 Å². The predicted molar refractivity (Wildman–Crippen MR) is 148 cm³/mol. The highest BCUT2D eigenvalue weighted by molar-refractivity contribution is 7.89. The topological polar surface area (TPSA) is 90.9 Å². The Morgan fingerprint density at radius 3 is 2.32 bits per heavy atom. The molecule has 0 bridgehead atoms. The number of nitrogens with zero attached hydrogens (tertiary/aromatic N) is 2. The van der Waals surface area contributed by atoms with Crippen LogP contribution < -0.4 is 10.6 Å². The van der Waals surface area contributed by atoms with Crippen LogP contribution in [0.4, 0.5) is 17.6 Å². The van der Waals surface area contributed by atoms with Crippen LogP contribution in [-0.2, 0) is 27.5 Å². The molecule has 1 atom stereocenters. The largest absolute Gasteiger partial charge is 0.416 e. The van der Waals surface area contributed by atoms with Gasteiger partial charge in [-0.25, -0.2) is 12.8 Å². The first-order valence-electron chi connectivity index (χ1n) is 13.4. The lowest BCUT2D eigenvalue weighted by atomic mass is 9.85. The number of hydrogen-bond donors (Lipinski definition) is 2. The number of carbonyl (C=O) groups is 1. The van der Waals surface area contributed by atoms with Crippen LogP contribution in [-0.4, -0.2) is 49.1 Å². The monoisotopic (exact) mass is 594 g/mol. The van der Waals surface area contributed by atoms with E-state index in [1.54, 1.807) is 0 Å². The van der Waals surface area contributed by atoms with E-state index in [1.165, 1.54) is 18.6 Å².